The predicted molar refractivity (Wildman–Crippen MR) is 115 cm³/mol. The fraction of sp³-hybridized carbons (Fsp3) is 0.150. The molecule has 156 valence electrons. The van der Waals surface area contributed by atoms with Gasteiger partial charge in [0.2, 0.25) is 5.95 Å². The summed E-state index contributed by atoms with van der Waals surface area (Å²) in [6.07, 6.45) is 0. The summed E-state index contributed by atoms with van der Waals surface area (Å²) < 4.78 is 1.63. The number of rotatable bonds is 8. The maximum absolute atomic E-state index is 10.8. The fourth-order valence-electron chi connectivity index (χ4n) is 2.93. The van der Waals surface area contributed by atoms with Crippen molar-refractivity contribution in [1.29, 1.82) is 0 Å². The lowest BCUT2D eigenvalue weighted by atomic mass is 10.2. The van der Waals surface area contributed by atoms with E-state index in [9.17, 15) is 10.1 Å². The molecule has 2 aromatic carbocycles. The van der Waals surface area contributed by atoms with Crippen molar-refractivity contribution in [1.82, 2.24) is 30.2 Å². The van der Waals surface area contributed by atoms with Crippen LogP contribution < -0.4 is 10.6 Å². The summed E-state index contributed by atoms with van der Waals surface area (Å²) in [4.78, 5) is 19.3. The van der Waals surface area contributed by atoms with Gasteiger partial charge in [0.1, 0.15) is 5.82 Å². The van der Waals surface area contributed by atoms with Gasteiger partial charge in [0.15, 0.2) is 5.82 Å². The molecule has 0 fully saturated rings. The minimum Gasteiger partial charge on any atom is -0.368 e. The molecule has 31 heavy (non-hydrogen) atoms. The summed E-state index contributed by atoms with van der Waals surface area (Å²) in [6.45, 7) is 2.99. The van der Waals surface area contributed by atoms with Crippen molar-refractivity contribution in [3.8, 4) is 17.1 Å². The lowest BCUT2D eigenvalue weighted by molar-refractivity contribution is -0.384. The fourth-order valence-corrected chi connectivity index (χ4v) is 2.93. The molecule has 0 aliphatic carbocycles. The number of nitrogens with one attached hydrogen (secondary N) is 2. The third-order valence-electron chi connectivity index (χ3n) is 4.38. The Kier molecular flexibility index (Phi) is 5.74. The third-order valence-corrected chi connectivity index (χ3v) is 4.38. The molecule has 0 atom stereocenters. The number of nitro benzene ring substituents is 1. The molecule has 0 saturated carbocycles. The first-order valence-corrected chi connectivity index (χ1v) is 9.52. The van der Waals surface area contributed by atoms with Crippen LogP contribution in [0, 0.1) is 17.0 Å². The molecule has 11 heteroatoms. The highest BCUT2D eigenvalue weighted by atomic mass is 16.6. The van der Waals surface area contributed by atoms with Gasteiger partial charge in [-0.15, -0.1) is 0 Å². The molecular weight excluding hydrogens is 398 g/mol. The summed E-state index contributed by atoms with van der Waals surface area (Å²) in [5.74, 6) is 1.70. The van der Waals surface area contributed by atoms with Crippen LogP contribution >= 0.6 is 0 Å². The molecule has 0 spiro atoms. The standard InChI is InChI=1S/C20H19N9O2/c1-14-13-18(24-19(23-14)15-7-9-17(10-8-15)29(30)31)21-11-12-22-20-25-26-27-28(20)16-5-3-2-4-6-16/h2-10,13H,11-12H2,1H3,(H,21,23,24)(H,22,25,27). The summed E-state index contributed by atoms with van der Waals surface area (Å²) in [5.41, 5.74) is 2.38. The van der Waals surface area contributed by atoms with E-state index in [2.05, 4.69) is 36.1 Å². The van der Waals surface area contributed by atoms with E-state index in [1.165, 1.54) is 12.1 Å². The van der Waals surface area contributed by atoms with Crippen molar-refractivity contribution in [3.63, 3.8) is 0 Å². The summed E-state index contributed by atoms with van der Waals surface area (Å²) in [7, 11) is 0. The average Bonchev–Trinajstić information content (AvgIpc) is 3.25. The van der Waals surface area contributed by atoms with Gasteiger partial charge in [0.25, 0.3) is 5.69 Å². The second-order valence-electron chi connectivity index (χ2n) is 6.63. The molecule has 0 saturated heterocycles. The topological polar surface area (TPSA) is 137 Å². The van der Waals surface area contributed by atoms with Crippen molar-refractivity contribution < 1.29 is 4.92 Å². The highest BCUT2D eigenvalue weighted by molar-refractivity contribution is 5.59. The molecule has 0 bridgehead atoms. The molecule has 4 aromatic rings. The number of benzene rings is 2. The highest BCUT2D eigenvalue weighted by Crippen LogP contribution is 2.21. The Morgan fingerprint density at radius 3 is 2.48 bits per heavy atom. The summed E-state index contributed by atoms with van der Waals surface area (Å²) >= 11 is 0. The zero-order valence-electron chi connectivity index (χ0n) is 16.6. The minimum absolute atomic E-state index is 0.0265. The normalized spacial score (nSPS) is 10.6. The van der Waals surface area contributed by atoms with E-state index in [4.69, 9.17) is 0 Å². The van der Waals surface area contributed by atoms with E-state index in [1.807, 2.05) is 43.3 Å². The number of nitro groups is 1. The average molecular weight is 417 g/mol. The van der Waals surface area contributed by atoms with E-state index >= 15 is 0 Å². The predicted octanol–water partition coefficient (Wildman–Crippen LogP) is 2.86. The molecule has 0 radical (unpaired) electrons. The first-order valence-electron chi connectivity index (χ1n) is 9.52. The molecular formula is C20H19N9O2. The maximum atomic E-state index is 10.8. The van der Waals surface area contributed by atoms with Crippen molar-refractivity contribution >= 4 is 17.5 Å². The molecule has 2 heterocycles. The van der Waals surface area contributed by atoms with Crippen molar-refractivity contribution in [2.75, 3.05) is 23.7 Å². The van der Waals surface area contributed by atoms with E-state index in [-0.39, 0.29) is 5.69 Å². The highest BCUT2D eigenvalue weighted by Gasteiger charge is 2.10. The van der Waals surface area contributed by atoms with Gasteiger partial charge in [-0.25, -0.2) is 9.97 Å². The van der Waals surface area contributed by atoms with Crippen LogP contribution in [0.15, 0.2) is 60.7 Å². The second-order valence-corrected chi connectivity index (χ2v) is 6.63. The van der Waals surface area contributed by atoms with Crippen LogP contribution in [0.3, 0.4) is 0 Å². The Bertz CT molecular complexity index is 1180. The van der Waals surface area contributed by atoms with Crippen molar-refractivity contribution in [2.45, 2.75) is 6.92 Å². The van der Waals surface area contributed by atoms with Gasteiger partial charge in [-0.2, -0.15) is 4.68 Å². The van der Waals surface area contributed by atoms with E-state index < -0.39 is 4.92 Å². The summed E-state index contributed by atoms with van der Waals surface area (Å²) in [6, 6.07) is 17.6. The quantitative estimate of drug-likeness (QED) is 0.252. The van der Waals surface area contributed by atoms with Gasteiger partial charge in [-0.05, 0) is 41.6 Å². The van der Waals surface area contributed by atoms with E-state index in [0.29, 0.717) is 36.2 Å². The number of aryl methyl sites for hydroxylation is 1. The van der Waals surface area contributed by atoms with Crippen LogP contribution in [0.1, 0.15) is 5.69 Å². The smallest absolute Gasteiger partial charge is 0.269 e. The van der Waals surface area contributed by atoms with Crippen LogP contribution in [0.2, 0.25) is 0 Å². The molecule has 2 aromatic heterocycles. The lowest BCUT2D eigenvalue weighted by Gasteiger charge is -2.10. The number of hydrogen-bond acceptors (Lipinski definition) is 9. The second kappa shape index (κ2) is 8.95. The molecule has 0 aliphatic heterocycles. The Morgan fingerprint density at radius 2 is 1.74 bits per heavy atom. The number of hydrogen-bond donors (Lipinski definition) is 2. The Hall–Kier alpha value is -4.41. The molecule has 11 nitrogen and oxygen atoms in total. The zero-order chi connectivity index (χ0) is 21.6. The van der Waals surface area contributed by atoms with Gasteiger partial charge in [0.05, 0.1) is 10.6 Å². The lowest BCUT2D eigenvalue weighted by Crippen LogP contribution is -2.17. The number of non-ortho nitro benzene ring substituents is 1. The van der Waals surface area contributed by atoms with Crippen LogP contribution in [0.4, 0.5) is 17.5 Å². The zero-order valence-corrected chi connectivity index (χ0v) is 16.6. The Labute approximate surface area is 177 Å². The molecule has 0 unspecified atom stereocenters. The van der Waals surface area contributed by atoms with Crippen LogP contribution in [0.5, 0.6) is 0 Å². The third kappa shape index (κ3) is 4.78. The minimum atomic E-state index is -0.436. The van der Waals surface area contributed by atoms with Crippen molar-refractivity contribution in [2.24, 2.45) is 0 Å². The monoisotopic (exact) mass is 417 g/mol. The largest absolute Gasteiger partial charge is 0.368 e. The Balaban J connectivity index is 1.39. The van der Waals surface area contributed by atoms with Gasteiger partial charge in [0, 0.05) is 42.5 Å². The van der Waals surface area contributed by atoms with Gasteiger partial charge < -0.3 is 10.6 Å². The number of nitrogens with zero attached hydrogens (tertiary/aromatic N) is 7. The van der Waals surface area contributed by atoms with Gasteiger partial charge in [-0.3, -0.25) is 10.1 Å². The number of para-hydroxylation sites is 1. The molecule has 2 N–H and O–H groups in total. The van der Waals surface area contributed by atoms with E-state index in [1.54, 1.807) is 16.8 Å². The molecule has 4 rings (SSSR count). The van der Waals surface area contributed by atoms with Crippen molar-refractivity contribution in [3.05, 3.63) is 76.5 Å². The summed E-state index contributed by atoms with van der Waals surface area (Å²) in [5, 5.41) is 29.0. The Morgan fingerprint density at radius 1 is 1.00 bits per heavy atom. The van der Waals surface area contributed by atoms with E-state index in [0.717, 1.165) is 11.4 Å². The van der Waals surface area contributed by atoms with Crippen LogP contribution in [-0.2, 0) is 0 Å². The first-order chi connectivity index (χ1) is 15.1. The number of tetrazole rings is 1. The number of anilines is 2. The SMILES string of the molecule is Cc1cc(NCCNc2nnnn2-c2ccccc2)nc(-c2ccc([N+](=O)[O-])cc2)n1. The van der Waals surface area contributed by atoms with Gasteiger partial charge >= 0.3 is 0 Å². The van der Waals surface area contributed by atoms with Crippen LogP contribution in [-0.4, -0.2) is 48.2 Å². The maximum Gasteiger partial charge on any atom is 0.269 e. The first kappa shape index (κ1) is 19.9. The molecule has 0 aliphatic rings. The number of aromatic nitrogens is 6. The van der Waals surface area contributed by atoms with Gasteiger partial charge in [-0.1, -0.05) is 23.3 Å². The van der Waals surface area contributed by atoms with Crippen LogP contribution in [0.25, 0.3) is 17.1 Å². The molecule has 0 amide bonds.